The van der Waals surface area contributed by atoms with E-state index in [0.717, 1.165) is 17.7 Å². The van der Waals surface area contributed by atoms with Crippen molar-refractivity contribution in [3.63, 3.8) is 0 Å². The molecule has 1 fully saturated rings. The second-order valence-electron chi connectivity index (χ2n) is 3.64. The molecule has 1 aliphatic heterocycles. The maximum absolute atomic E-state index is 11.5. The Balaban J connectivity index is 2.16. The molecule has 3 nitrogen and oxygen atoms in total. The lowest BCUT2D eigenvalue weighted by Crippen LogP contribution is -2.21. The Bertz CT molecular complexity index is 339. The topological polar surface area (TPSA) is 32.8 Å². The number of amides is 1. The number of epoxide rings is 1. The molecule has 0 bridgehead atoms. The largest absolute Gasteiger partial charge is 0.368 e. The second-order valence-corrected chi connectivity index (χ2v) is 3.64. The molecule has 0 aliphatic carbocycles. The van der Waals surface area contributed by atoms with Crippen molar-refractivity contribution >= 4 is 5.91 Å². The van der Waals surface area contributed by atoms with Gasteiger partial charge in [0.05, 0.1) is 6.61 Å². The number of carbonyl (C=O) groups is 1. The van der Waals surface area contributed by atoms with Gasteiger partial charge in [-0.15, -0.1) is 0 Å². The Morgan fingerprint density at radius 1 is 1.36 bits per heavy atom. The van der Waals surface area contributed by atoms with Gasteiger partial charge >= 0.3 is 0 Å². The zero-order valence-electron chi connectivity index (χ0n) is 8.36. The zero-order chi connectivity index (χ0) is 10.1. The number of carbonyl (C=O) groups excluding carboxylic acids is 1. The third-order valence-corrected chi connectivity index (χ3v) is 2.27. The number of hydrogen-bond acceptors (Lipinski definition) is 2. The predicted molar refractivity (Wildman–Crippen MR) is 53.2 cm³/mol. The fourth-order valence-electron chi connectivity index (χ4n) is 1.34. The molecule has 1 atom stereocenters. The third kappa shape index (κ3) is 1.77. The summed E-state index contributed by atoms with van der Waals surface area (Å²) < 4.78 is 5.15. The molecule has 0 aromatic heterocycles. The van der Waals surface area contributed by atoms with Crippen LogP contribution in [0.2, 0.25) is 0 Å². The van der Waals surface area contributed by atoms with Crippen LogP contribution in [0.15, 0.2) is 24.3 Å². The molecule has 0 radical (unpaired) electrons. The highest BCUT2D eigenvalue weighted by Gasteiger charge is 2.24. The molecule has 0 saturated carbocycles. The Hall–Kier alpha value is -1.35. The van der Waals surface area contributed by atoms with Gasteiger partial charge in [0.25, 0.3) is 5.91 Å². The first kappa shape index (κ1) is 9.21. The number of benzene rings is 1. The van der Waals surface area contributed by atoms with E-state index in [-0.39, 0.29) is 12.0 Å². The number of ether oxygens (including phenoxy) is 1. The van der Waals surface area contributed by atoms with Crippen molar-refractivity contribution in [2.24, 2.45) is 0 Å². The molecule has 74 valence electrons. The van der Waals surface area contributed by atoms with Crippen LogP contribution in [0.4, 0.5) is 0 Å². The minimum Gasteiger partial charge on any atom is -0.368 e. The van der Waals surface area contributed by atoms with Crippen LogP contribution in [0, 0.1) is 0 Å². The van der Waals surface area contributed by atoms with Crippen LogP contribution in [-0.2, 0) is 4.74 Å². The van der Waals surface area contributed by atoms with E-state index in [1.54, 1.807) is 19.0 Å². The van der Waals surface area contributed by atoms with Crippen LogP contribution >= 0.6 is 0 Å². The Kier molecular flexibility index (Phi) is 2.25. The average Bonchev–Trinajstić information content (AvgIpc) is 3.00. The number of nitrogens with zero attached hydrogens (tertiary/aromatic N) is 1. The minimum atomic E-state index is 0.0354. The van der Waals surface area contributed by atoms with Crippen LogP contribution in [0.1, 0.15) is 22.0 Å². The van der Waals surface area contributed by atoms with Gasteiger partial charge in [-0.3, -0.25) is 4.79 Å². The number of hydrogen-bond donors (Lipinski definition) is 0. The van der Waals surface area contributed by atoms with Crippen LogP contribution in [0.25, 0.3) is 0 Å². The SMILES string of the molecule is CN(C)C(=O)c1ccc([C@@H]2CO2)cc1. The Morgan fingerprint density at radius 3 is 2.36 bits per heavy atom. The molecular formula is C11H13NO2. The smallest absolute Gasteiger partial charge is 0.253 e. The van der Waals surface area contributed by atoms with E-state index in [9.17, 15) is 4.79 Å². The molecule has 1 amide bonds. The molecule has 1 aromatic carbocycles. The second kappa shape index (κ2) is 3.42. The first-order valence-electron chi connectivity index (χ1n) is 4.61. The van der Waals surface area contributed by atoms with Crippen LogP contribution in [0.3, 0.4) is 0 Å². The molecule has 1 aliphatic rings. The third-order valence-electron chi connectivity index (χ3n) is 2.27. The van der Waals surface area contributed by atoms with Gasteiger partial charge in [-0.05, 0) is 17.7 Å². The molecule has 2 rings (SSSR count). The first-order valence-corrected chi connectivity index (χ1v) is 4.61. The fraction of sp³-hybridized carbons (Fsp3) is 0.364. The summed E-state index contributed by atoms with van der Waals surface area (Å²) >= 11 is 0. The summed E-state index contributed by atoms with van der Waals surface area (Å²) in [7, 11) is 3.50. The van der Waals surface area contributed by atoms with E-state index >= 15 is 0 Å². The van der Waals surface area contributed by atoms with Crippen molar-refractivity contribution < 1.29 is 9.53 Å². The van der Waals surface area contributed by atoms with E-state index in [2.05, 4.69) is 0 Å². The zero-order valence-corrected chi connectivity index (χ0v) is 8.36. The molecule has 0 N–H and O–H groups in total. The van der Waals surface area contributed by atoms with Gasteiger partial charge in [0.2, 0.25) is 0 Å². The van der Waals surface area contributed by atoms with E-state index in [1.165, 1.54) is 0 Å². The summed E-state index contributed by atoms with van der Waals surface area (Å²) in [5, 5.41) is 0. The van der Waals surface area contributed by atoms with Gasteiger partial charge in [0.15, 0.2) is 0 Å². The predicted octanol–water partition coefficient (Wildman–Crippen LogP) is 1.46. The normalized spacial score (nSPS) is 19.1. The van der Waals surface area contributed by atoms with Crippen LogP contribution < -0.4 is 0 Å². The molecule has 1 heterocycles. The lowest BCUT2D eigenvalue weighted by molar-refractivity contribution is 0.0827. The van der Waals surface area contributed by atoms with Gasteiger partial charge in [-0.25, -0.2) is 0 Å². The summed E-state index contributed by atoms with van der Waals surface area (Å²) in [5.41, 5.74) is 1.87. The average molecular weight is 191 g/mol. The molecule has 1 saturated heterocycles. The van der Waals surface area contributed by atoms with E-state index in [1.807, 2.05) is 24.3 Å². The van der Waals surface area contributed by atoms with Crippen molar-refractivity contribution in [2.45, 2.75) is 6.10 Å². The van der Waals surface area contributed by atoms with E-state index < -0.39 is 0 Å². The lowest BCUT2D eigenvalue weighted by atomic mass is 10.1. The lowest BCUT2D eigenvalue weighted by Gasteiger charge is -2.09. The van der Waals surface area contributed by atoms with Crippen LogP contribution in [-0.4, -0.2) is 31.5 Å². The highest BCUT2D eigenvalue weighted by molar-refractivity contribution is 5.93. The highest BCUT2D eigenvalue weighted by atomic mass is 16.6. The van der Waals surface area contributed by atoms with Crippen molar-refractivity contribution in [1.82, 2.24) is 4.90 Å². The van der Waals surface area contributed by atoms with E-state index in [0.29, 0.717) is 0 Å². The maximum atomic E-state index is 11.5. The highest BCUT2D eigenvalue weighted by Crippen LogP contribution is 2.29. The molecule has 14 heavy (non-hydrogen) atoms. The number of rotatable bonds is 2. The summed E-state index contributed by atoms with van der Waals surface area (Å²) in [5.74, 6) is 0.0354. The summed E-state index contributed by atoms with van der Waals surface area (Å²) in [6.07, 6.45) is 0.263. The summed E-state index contributed by atoms with van der Waals surface area (Å²) in [6.45, 7) is 0.807. The van der Waals surface area contributed by atoms with Crippen molar-refractivity contribution in [1.29, 1.82) is 0 Å². The van der Waals surface area contributed by atoms with Crippen molar-refractivity contribution in [3.8, 4) is 0 Å². The maximum Gasteiger partial charge on any atom is 0.253 e. The molecule has 0 spiro atoms. The van der Waals surface area contributed by atoms with Crippen molar-refractivity contribution in [3.05, 3.63) is 35.4 Å². The minimum absolute atomic E-state index is 0.0354. The van der Waals surface area contributed by atoms with Gasteiger partial charge < -0.3 is 9.64 Å². The van der Waals surface area contributed by atoms with Gasteiger partial charge in [-0.2, -0.15) is 0 Å². The van der Waals surface area contributed by atoms with Crippen LogP contribution in [0.5, 0.6) is 0 Å². The molecule has 3 heteroatoms. The monoisotopic (exact) mass is 191 g/mol. The Morgan fingerprint density at radius 2 is 1.93 bits per heavy atom. The Labute approximate surface area is 83.3 Å². The summed E-state index contributed by atoms with van der Waals surface area (Å²) in [6, 6.07) is 7.60. The standard InChI is InChI=1S/C11H13NO2/c1-12(2)11(13)9-5-3-8(4-6-9)10-7-14-10/h3-6,10H,7H2,1-2H3/t10-/m0/s1. The first-order chi connectivity index (χ1) is 6.68. The van der Waals surface area contributed by atoms with Gasteiger partial charge in [0.1, 0.15) is 6.10 Å². The molecular weight excluding hydrogens is 178 g/mol. The molecule has 0 unspecified atom stereocenters. The van der Waals surface area contributed by atoms with Crippen molar-refractivity contribution in [2.75, 3.05) is 20.7 Å². The quantitative estimate of drug-likeness (QED) is 0.663. The van der Waals surface area contributed by atoms with E-state index in [4.69, 9.17) is 4.74 Å². The fourth-order valence-corrected chi connectivity index (χ4v) is 1.34. The summed E-state index contributed by atoms with van der Waals surface area (Å²) in [4.78, 5) is 13.1. The van der Waals surface area contributed by atoms with Gasteiger partial charge in [-0.1, -0.05) is 12.1 Å². The van der Waals surface area contributed by atoms with Gasteiger partial charge in [0, 0.05) is 19.7 Å². The molecule has 1 aromatic rings.